The van der Waals surface area contributed by atoms with Gasteiger partial charge in [0.25, 0.3) is 0 Å². The van der Waals surface area contributed by atoms with Gasteiger partial charge in [0.05, 0.1) is 7.11 Å². The Kier molecular flexibility index (Phi) is 3.88. The molecule has 0 spiro atoms. The van der Waals surface area contributed by atoms with Crippen LogP contribution in [0.25, 0.3) is 5.57 Å². The van der Waals surface area contributed by atoms with E-state index in [0.717, 1.165) is 0 Å². The fourth-order valence-electron chi connectivity index (χ4n) is 1.17. The summed E-state index contributed by atoms with van der Waals surface area (Å²) in [5.41, 5.74) is 0.0497. The average Bonchev–Trinajstić information content (AvgIpc) is 2.29. The Labute approximate surface area is 92.5 Å². The predicted molar refractivity (Wildman–Crippen MR) is 56.9 cm³/mol. The van der Waals surface area contributed by atoms with Crippen LogP contribution < -0.4 is 0 Å². The summed E-state index contributed by atoms with van der Waals surface area (Å²) >= 11 is 0. The van der Waals surface area contributed by atoms with Gasteiger partial charge >= 0.3 is 5.97 Å². The molecule has 0 amide bonds. The Morgan fingerprint density at radius 3 is 2.44 bits per heavy atom. The molecule has 0 aliphatic heterocycles. The minimum absolute atomic E-state index is 0.242. The summed E-state index contributed by atoms with van der Waals surface area (Å²) in [5, 5.41) is 0. The number of esters is 1. The molecule has 0 N–H and O–H groups in total. The molecule has 0 atom stereocenters. The van der Waals surface area contributed by atoms with Gasteiger partial charge in [0.2, 0.25) is 0 Å². The fraction of sp³-hybridized carbons (Fsp3) is 0.182. The van der Waals surface area contributed by atoms with Gasteiger partial charge in [-0.3, -0.25) is 0 Å². The van der Waals surface area contributed by atoms with Gasteiger partial charge in [0.15, 0.2) is 5.82 Å². The zero-order valence-electron chi connectivity index (χ0n) is 9.03. The average molecular weight is 222 g/mol. The van der Waals surface area contributed by atoms with Gasteiger partial charge in [-0.05, 0) is 13.0 Å². The molecule has 1 aromatic heterocycles. The molecular weight excluding hydrogens is 211 g/mol. The maximum Gasteiger partial charge on any atom is 0.341 e. The number of ether oxygens (including phenoxy) is 1. The first-order valence-electron chi connectivity index (χ1n) is 4.49. The highest BCUT2D eigenvalue weighted by Crippen LogP contribution is 2.21. The monoisotopic (exact) mass is 222 g/mol. The van der Waals surface area contributed by atoms with Gasteiger partial charge in [-0.1, -0.05) is 6.58 Å². The van der Waals surface area contributed by atoms with Crippen LogP contribution in [0.1, 0.15) is 12.7 Å². The van der Waals surface area contributed by atoms with E-state index in [4.69, 9.17) is 0 Å². The highest BCUT2D eigenvalue weighted by molar-refractivity contribution is 6.00. The molecule has 0 fully saturated rings. The van der Waals surface area contributed by atoms with Crippen LogP contribution >= 0.6 is 0 Å². The highest BCUT2D eigenvalue weighted by atomic mass is 19.1. The summed E-state index contributed by atoms with van der Waals surface area (Å²) in [4.78, 5) is 19.2. The number of rotatable bonds is 3. The van der Waals surface area contributed by atoms with E-state index in [1.165, 1.54) is 26.4 Å². The fourth-order valence-corrected chi connectivity index (χ4v) is 1.17. The van der Waals surface area contributed by atoms with Crippen molar-refractivity contribution in [2.24, 2.45) is 0 Å². The standard InChI is InChI=1S/C11H11FN2O2/c1-7(10-13-5-4-6-14-10)9(8(2)12)11(15)16-3/h4-6H,2H2,1,3H3/b9-7-. The second kappa shape index (κ2) is 5.16. The third-order valence-corrected chi connectivity index (χ3v) is 1.94. The van der Waals surface area contributed by atoms with Gasteiger partial charge in [0, 0.05) is 18.0 Å². The number of methoxy groups -OCH3 is 1. The quantitative estimate of drug-likeness (QED) is 0.445. The molecule has 16 heavy (non-hydrogen) atoms. The zero-order chi connectivity index (χ0) is 12.1. The summed E-state index contributed by atoms with van der Waals surface area (Å²) in [6.45, 7) is 4.62. The van der Waals surface area contributed by atoms with E-state index in [0.29, 0.717) is 5.57 Å². The van der Waals surface area contributed by atoms with E-state index in [9.17, 15) is 9.18 Å². The van der Waals surface area contributed by atoms with Gasteiger partial charge in [-0.15, -0.1) is 0 Å². The maximum atomic E-state index is 13.1. The highest BCUT2D eigenvalue weighted by Gasteiger charge is 2.19. The van der Waals surface area contributed by atoms with Crippen molar-refractivity contribution >= 4 is 11.5 Å². The van der Waals surface area contributed by atoms with Crippen LogP contribution in [0.2, 0.25) is 0 Å². The van der Waals surface area contributed by atoms with Crippen molar-refractivity contribution in [2.75, 3.05) is 7.11 Å². The molecule has 0 aliphatic rings. The van der Waals surface area contributed by atoms with E-state index in [-0.39, 0.29) is 11.4 Å². The summed E-state index contributed by atoms with van der Waals surface area (Å²) in [7, 11) is 1.17. The smallest absolute Gasteiger partial charge is 0.341 e. The Bertz CT molecular complexity index is 441. The molecule has 5 heteroatoms. The van der Waals surface area contributed by atoms with Crippen molar-refractivity contribution in [3.05, 3.63) is 42.3 Å². The first kappa shape index (κ1) is 12.0. The van der Waals surface area contributed by atoms with Crippen molar-refractivity contribution in [2.45, 2.75) is 6.92 Å². The number of aromatic nitrogens is 2. The lowest BCUT2D eigenvalue weighted by Gasteiger charge is -2.06. The van der Waals surface area contributed by atoms with E-state index in [1.807, 2.05) is 0 Å². The predicted octanol–water partition coefficient (Wildman–Crippen LogP) is 1.91. The molecule has 84 valence electrons. The molecule has 1 rings (SSSR count). The third kappa shape index (κ3) is 2.50. The molecule has 0 saturated heterocycles. The van der Waals surface area contributed by atoms with E-state index >= 15 is 0 Å². The number of halogens is 1. The Balaban J connectivity index is 3.28. The number of carbonyl (C=O) groups excluding carboxylic acids is 1. The summed E-state index contributed by atoms with van der Waals surface area (Å²) < 4.78 is 17.6. The summed E-state index contributed by atoms with van der Waals surface area (Å²) in [6, 6.07) is 1.62. The molecule has 0 unspecified atom stereocenters. The van der Waals surface area contributed by atoms with Crippen molar-refractivity contribution in [1.29, 1.82) is 0 Å². The van der Waals surface area contributed by atoms with E-state index < -0.39 is 11.8 Å². The van der Waals surface area contributed by atoms with Crippen molar-refractivity contribution < 1.29 is 13.9 Å². The second-order valence-electron chi connectivity index (χ2n) is 2.97. The number of allylic oxidation sites excluding steroid dienone is 1. The maximum absolute atomic E-state index is 13.1. The van der Waals surface area contributed by atoms with E-state index in [1.54, 1.807) is 6.07 Å². The van der Waals surface area contributed by atoms with Crippen LogP contribution in [0.5, 0.6) is 0 Å². The molecule has 1 aromatic rings. The number of hydrogen-bond donors (Lipinski definition) is 0. The molecular formula is C11H11FN2O2. The van der Waals surface area contributed by atoms with Crippen LogP contribution in [-0.2, 0) is 9.53 Å². The van der Waals surface area contributed by atoms with Gasteiger partial charge < -0.3 is 4.74 Å². The SMILES string of the molecule is C=C(F)/C(C(=O)OC)=C(\C)c1ncccn1. The lowest BCUT2D eigenvalue weighted by molar-refractivity contribution is -0.135. The Morgan fingerprint density at radius 1 is 1.44 bits per heavy atom. The molecule has 0 saturated carbocycles. The molecule has 1 heterocycles. The van der Waals surface area contributed by atoms with Crippen LogP contribution in [0.3, 0.4) is 0 Å². The van der Waals surface area contributed by atoms with Crippen LogP contribution in [0.15, 0.2) is 36.4 Å². The topological polar surface area (TPSA) is 52.1 Å². The second-order valence-corrected chi connectivity index (χ2v) is 2.97. The van der Waals surface area contributed by atoms with Gasteiger partial charge in [0.1, 0.15) is 11.4 Å². The van der Waals surface area contributed by atoms with Crippen LogP contribution in [0.4, 0.5) is 4.39 Å². The number of hydrogen-bond acceptors (Lipinski definition) is 4. The minimum atomic E-state index is -0.864. The minimum Gasteiger partial charge on any atom is -0.465 e. The normalized spacial score (nSPS) is 11.7. The first-order valence-corrected chi connectivity index (χ1v) is 4.49. The summed E-state index contributed by atoms with van der Waals surface area (Å²) in [6.07, 6.45) is 3.00. The Hall–Kier alpha value is -2.04. The van der Waals surface area contributed by atoms with Gasteiger partial charge in [-0.2, -0.15) is 0 Å². The summed E-state index contributed by atoms with van der Waals surface area (Å²) in [5.74, 6) is -1.39. The number of nitrogens with zero attached hydrogens (tertiary/aromatic N) is 2. The van der Waals surface area contributed by atoms with Gasteiger partial charge in [-0.25, -0.2) is 19.2 Å². The first-order chi connectivity index (χ1) is 7.57. The molecule has 0 bridgehead atoms. The molecule has 0 aliphatic carbocycles. The van der Waals surface area contributed by atoms with Crippen LogP contribution in [-0.4, -0.2) is 23.0 Å². The van der Waals surface area contributed by atoms with Crippen molar-refractivity contribution in [1.82, 2.24) is 9.97 Å². The lowest BCUT2D eigenvalue weighted by atomic mass is 10.1. The largest absolute Gasteiger partial charge is 0.465 e. The number of carbonyl (C=O) groups is 1. The van der Waals surface area contributed by atoms with E-state index in [2.05, 4.69) is 21.3 Å². The van der Waals surface area contributed by atoms with Crippen molar-refractivity contribution in [3.8, 4) is 0 Å². The lowest BCUT2D eigenvalue weighted by Crippen LogP contribution is -2.08. The molecule has 0 radical (unpaired) electrons. The zero-order valence-corrected chi connectivity index (χ0v) is 9.03. The third-order valence-electron chi connectivity index (χ3n) is 1.94. The van der Waals surface area contributed by atoms with Crippen molar-refractivity contribution in [3.63, 3.8) is 0 Å². The molecule has 4 nitrogen and oxygen atoms in total. The van der Waals surface area contributed by atoms with Crippen LogP contribution in [0, 0.1) is 0 Å². The molecule has 0 aromatic carbocycles. The Morgan fingerprint density at radius 2 is 2.00 bits per heavy atom.